The van der Waals surface area contributed by atoms with Gasteiger partial charge in [0.1, 0.15) is 0 Å². The summed E-state index contributed by atoms with van der Waals surface area (Å²) in [6, 6.07) is 15.6. The molecule has 0 aliphatic heterocycles. The Balaban J connectivity index is 0.00000112. The van der Waals surface area contributed by atoms with Crippen LogP contribution in [0.3, 0.4) is 0 Å². The molecule has 0 heterocycles. The zero-order chi connectivity index (χ0) is 9.97. The molecule has 2 aromatic rings. The van der Waals surface area contributed by atoms with Crippen LogP contribution in [0.25, 0.3) is 11.1 Å². The van der Waals surface area contributed by atoms with Crippen LogP contribution in [0.4, 0.5) is 0 Å². The fraction of sp³-hybridized carbons (Fsp3) is 0. The SMILES string of the molecule is Clc1cccc(-c2ccccc2)c1Cl.[GeH4]. The Labute approximate surface area is 110 Å². The van der Waals surface area contributed by atoms with Crippen molar-refractivity contribution in [3.05, 3.63) is 58.6 Å². The standard InChI is InChI=1S/C12H8Cl2.GeH4/c13-11-8-4-7-10(12(11)14)9-5-2-1-3-6-9;/h1-8H;1H4. The van der Waals surface area contributed by atoms with Gasteiger partial charge in [-0.05, 0) is 11.6 Å². The van der Waals surface area contributed by atoms with Gasteiger partial charge in [-0.25, -0.2) is 0 Å². The molecule has 0 atom stereocenters. The van der Waals surface area contributed by atoms with E-state index in [0.717, 1.165) is 11.1 Å². The molecule has 15 heavy (non-hydrogen) atoms. The maximum absolute atomic E-state index is 6.10. The molecule has 0 amide bonds. The number of hydrogen-bond acceptors (Lipinski definition) is 0. The molecule has 2 rings (SSSR count). The molecular formula is C12H12Cl2Ge. The summed E-state index contributed by atoms with van der Waals surface area (Å²) in [5.74, 6) is 0. The summed E-state index contributed by atoms with van der Waals surface area (Å²) in [6.45, 7) is 0. The molecule has 0 aromatic heterocycles. The van der Waals surface area contributed by atoms with Gasteiger partial charge in [-0.2, -0.15) is 0 Å². The second kappa shape index (κ2) is 5.59. The number of halogens is 2. The van der Waals surface area contributed by atoms with Gasteiger partial charge in [0, 0.05) is 5.56 Å². The zero-order valence-corrected chi connectivity index (χ0v) is 8.89. The Hall–Kier alpha value is -0.437. The summed E-state index contributed by atoms with van der Waals surface area (Å²) in [4.78, 5) is 0. The molecule has 0 bridgehead atoms. The van der Waals surface area contributed by atoms with Crippen LogP contribution >= 0.6 is 23.2 Å². The molecule has 0 N–H and O–H groups in total. The van der Waals surface area contributed by atoms with E-state index >= 15 is 0 Å². The van der Waals surface area contributed by atoms with E-state index in [0.29, 0.717) is 10.0 Å². The molecule has 0 nitrogen and oxygen atoms in total. The minimum absolute atomic E-state index is 0. The molecule has 0 aliphatic carbocycles. The average Bonchev–Trinajstić information content (AvgIpc) is 2.23. The first-order valence-corrected chi connectivity index (χ1v) is 5.04. The Morgan fingerprint density at radius 3 is 2.07 bits per heavy atom. The summed E-state index contributed by atoms with van der Waals surface area (Å²) >= 11 is 12.0. The topological polar surface area (TPSA) is 0 Å². The summed E-state index contributed by atoms with van der Waals surface area (Å²) in [5.41, 5.74) is 2.06. The number of benzene rings is 2. The van der Waals surface area contributed by atoms with Crippen LogP contribution < -0.4 is 0 Å². The second-order valence-corrected chi connectivity index (χ2v) is 3.75. The van der Waals surface area contributed by atoms with Crippen molar-refractivity contribution in [3.8, 4) is 11.1 Å². The van der Waals surface area contributed by atoms with Gasteiger partial charge in [0.05, 0.1) is 10.0 Å². The van der Waals surface area contributed by atoms with Crippen LogP contribution in [0.15, 0.2) is 48.5 Å². The molecule has 0 spiro atoms. The van der Waals surface area contributed by atoms with Crippen molar-refractivity contribution in [3.63, 3.8) is 0 Å². The predicted molar refractivity (Wildman–Crippen MR) is 73.2 cm³/mol. The third-order valence-corrected chi connectivity index (χ3v) is 2.86. The van der Waals surface area contributed by atoms with Gasteiger partial charge in [-0.3, -0.25) is 0 Å². The van der Waals surface area contributed by atoms with Crippen LogP contribution in [0.2, 0.25) is 10.0 Å². The van der Waals surface area contributed by atoms with E-state index in [2.05, 4.69) is 0 Å². The maximum atomic E-state index is 6.10. The number of rotatable bonds is 1. The number of hydrogen-bond donors (Lipinski definition) is 0. The van der Waals surface area contributed by atoms with Gasteiger partial charge in [0.25, 0.3) is 0 Å². The van der Waals surface area contributed by atoms with Crippen molar-refractivity contribution in [1.82, 2.24) is 0 Å². The van der Waals surface area contributed by atoms with Gasteiger partial charge in [-0.15, -0.1) is 0 Å². The van der Waals surface area contributed by atoms with Gasteiger partial charge >= 0.3 is 17.6 Å². The quantitative estimate of drug-likeness (QED) is 0.709. The third-order valence-electron chi connectivity index (χ3n) is 2.04. The molecule has 0 unspecified atom stereocenters. The van der Waals surface area contributed by atoms with E-state index in [1.54, 1.807) is 6.07 Å². The summed E-state index contributed by atoms with van der Waals surface area (Å²) in [6.07, 6.45) is 0. The van der Waals surface area contributed by atoms with Crippen molar-refractivity contribution in [2.75, 3.05) is 0 Å². The molecule has 0 aliphatic rings. The van der Waals surface area contributed by atoms with Gasteiger partial charge in [0.15, 0.2) is 0 Å². The fourth-order valence-electron chi connectivity index (χ4n) is 1.34. The van der Waals surface area contributed by atoms with E-state index < -0.39 is 0 Å². The van der Waals surface area contributed by atoms with Crippen molar-refractivity contribution in [1.29, 1.82) is 0 Å². The molecule has 2 aromatic carbocycles. The van der Waals surface area contributed by atoms with Gasteiger partial charge < -0.3 is 0 Å². The molecule has 3 heteroatoms. The first-order valence-electron chi connectivity index (χ1n) is 4.28. The average molecular weight is 300 g/mol. The molecule has 0 saturated carbocycles. The zero-order valence-electron chi connectivity index (χ0n) is 7.37. The normalized spacial score (nSPS) is 9.47. The van der Waals surface area contributed by atoms with Crippen molar-refractivity contribution < 1.29 is 0 Å². The predicted octanol–water partition coefficient (Wildman–Crippen LogP) is 3.21. The second-order valence-electron chi connectivity index (χ2n) is 2.97. The Morgan fingerprint density at radius 2 is 1.40 bits per heavy atom. The minimum atomic E-state index is 0. The van der Waals surface area contributed by atoms with E-state index in [1.807, 2.05) is 42.5 Å². The molecule has 0 radical (unpaired) electrons. The van der Waals surface area contributed by atoms with Crippen LogP contribution in [-0.4, -0.2) is 17.6 Å². The van der Waals surface area contributed by atoms with Crippen LogP contribution in [-0.2, 0) is 0 Å². The van der Waals surface area contributed by atoms with Crippen LogP contribution in [0, 0.1) is 0 Å². The summed E-state index contributed by atoms with van der Waals surface area (Å²) in [5, 5.41) is 1.20. The molecular weight excluding hydrogens is 288 g/mol. The summed E-state index contributed by atoms with van der Waals surface area (Å²) in [7, 11) is 0. The Bertz CT molecular complexity index is 441. The van der Waals surface area contributed by atoms with Crippen LogP contribution in [0.5, 0.6) is 0 Å². The van der Waals surface area contributed by atoms with E-state index in [-0.39, 0.29) is 17.6 Å². The summed E-state index contributed by atoms with van der Waals surface area (Å²) < 4.78 is 0. The third kappa shape index (κ3) is 2.77. The van der Waals surface area contributed by atoms with Gasteiger partial charge in [-0.1, -0.05) is 65.7 Å². The first-order chi connectivity index (χ1) is 6.79. The van der Waals surface area contributed by atoms with Crippen molar-refractivity contribution in [2.45, 2.75) is 0 Å². The monoisotopic (exact) mass is 300 g/mol. The molecule has 78 valence electrons. The van der Waals surface area contributed by atoms with E-state index in [1.165, 1.54) is 0 Å². The molecule has 0 fully saturated rings. The Kier molecular flexibility index (Phi) is 4.71. The van der Waals surface area contributed by atoms with E-state index in [4.69, 9.17) is 23.2 Å². The van der Waals surface area contributed by atoms with Crippen LogP contribution in [0.1, 0.15) is 0 Å². The molecule has 0 saturated heterocycles. The Morgan fingerprint density at radius 1 is 0.733 bits per heavy atom. The first kappa shape index (κ1) is 12.6. The van der Waals surface area contributed by atoms with Crippen molar-refractivity contribution in [2.24, 2.45) is 0 Å². The fourth-order valence-corrected chi connectivity index (χ4v) is 1.75. The van der Waals surface area contributed by atoms with E-state index in [9.17, 15) is 0 Å². The van der Waals surface area contributed by atoms with Gasteiger partial charge in [0.2, 0.25) is 0 Å². The van der Waals surface area contributed by atoms with Crippen molar-refractivity contribution >= 4 is 40.8 Å².